The van der Waals surface area contributed by atoms with Crippen LogP contribution >= 0.6 is 0 Å². The van der Waals surface area contributed by atoms with Crippen molar-refractivity contribution in [3.63, 3.8) is 0 Å². The summed E-state index contributed by atoms with van der Waals surface area (Å²) in [6.45, 7) is 14.9. The summed E-state index contributed by atoms with van der Waals surface area (Å²) in [7, 11) is 2.04. The number of fused-ring (bicyclic) bond motifs is 1. The highest BCUT2D eigenvalue weighted by Crippen LogP contribution is 2.33. The molecule has 2 aliphatic rings. The number of halogens is 1. The maximum absolute atomic E-state index is 14.0. The topological polar surface area (TPSA) is 100 Å². The predicted molar refractivity (Wildman–Crippen MR) is 174 cm³/mol. The third-order valence-corrected chi connectivity index (χ3v) is 8.73. The number of likely N-dealkylation sites (N-methyl/N-ethyl adjacent to an activating group) is 1. The number of hydrogen-bond donors (Lipinski definition) is 1. The molecule has 6 rings (SSSR count). The lowest BCUT2D eigenvalue weighted by Crippen LogP contribution is -2.56. The zero-order valence-electron chi connectivity index (χ0n) is 26.2. The van der Waals surface area contributed by atoms with Crippen LogP contribution in [0, 0.1) is 12.4 Å². The van der Waals surface area contributed by atoms with Crippen LogP contribution in [0.15, 0.2) is 54.9 Å². The molecule has 4 aromatic rings. The minimum Gasteiger partial charge on any atom is -0.477 e. The van der Waals surface area contributed by atoms with Gasteiger partial charge in [-0.15, -0.1) is 0 Å². The van der Waals surface area contributed by atoms with E-state index in [2.05, 4.69) is 31.9 Å². The van der Waals surface area contributed by atoms with Crippen LogP contribution in [0.2, 0.25) is 0 Å². The molecule has 0 unspecified atom stereocenters. The number of rotatable bonds is 7. The second-order valence-corrected chi connectivity index (χ2v) is 11.7. The Morgan fingerprint density at radius 2 is 1.98 bits per heavy atom. The third-order valence-electron chi connectivity index (χ3n) is 8.73. The van der Waals surface area contributed by atoms with Crippen molar-refractivity contribution in [2.75, 3.05) is 51.3 Å². The number of ether oxygens (including phenoxy) is 1. The van der Waals surface area contributed by atoms with Crippen molar-refractivity contribution in [2.45, 2.75) is 38.8 Å². The number of hydrogen-bond acceptors (Lipinski definition) is 7. The fourth-order valence-electron chi connectivity index (χ4n) is 6.46. The zero-order chi connectivity index (χ0) is 32.4. The molecule has 0 saturated carbocycles. The molecule has 238 valence electrons. The van der Waals surface area contributed by atoms with Crippen LogP contribution < -0.4 is 15.0 Å². The average molecular weight is 625 g/mol. The average Bonchev–Trinajstić information content (AvgIpc) is 3.69. The first-order valence-electron chi connectivity index (χ1n) is 15.6. The molecule has 0 aliphatic carbocycles. The second-order valence-electron chi connectivity index (χ2n) is 11.7. The molecule has 3 aromatic heterocycles. The highest BCUT2D eigenvalue weighted by atomic mass is 19.1. The van der Waals surface area contributed by atoms with Crippen molar-refractivity contribution in [3.05, 3.63) is 77.8 Å². The number of anilines is 1. The first kappa shape index (κ1) is 31.0. The molecule has 11 nitrogen and oxygen atoms in total. The number of aromatic nitrogens is 3. The van der Waals surface area contributed by atoms with E-state index in [1.54, 1.807) is 23.4 Å². The van der Waals surface area contributed by atoms with Crippen LogP contribution in [-0.4, -0.2) is 94.7 Å². The van der Waals surface area contributed by atoms with Gasteiger partial charge in [-0.2, -0.15) is 0 Å². The summed E-state index contributed by atoms with van der Waals surface area (Å²) in [6, 6.07) is 11.3. The van der Waals surface area contributed by atoms with Gasteiger partial charge in [-0.1, -0.05) is 6.92 Å². The van der Waals surface area contributed by atoms with Crippen molar-refractivity contribution in [1.29, 1.82) is 0 Å². The summed E-state index contributed by atoms with van der Waals surface area (Å²) < 4.78 is 21.2. The minimum absolute atomic E-state index is 0.0230. The number of pyridine rings is 2. The summed E-state index contributed by atoms with van der Waals surface area (Å²) in [6.07, 6.45) is 4.83. The van der Waals surface area contributed by atoms with E-state index >= 15 is 0 Å². The van der Waals surface area contributed by atoms with Crippen molar-refractivity contribution < 1.29 is 18.7 Å². The maximum Gasteiger partial charge on any atom is 0.327 e. The van der Waals surface area contributed by atoms with Gasteiger partial charge in [-0.05, 0) is 81.2 Å². The van der Waals surface area contributed by atoms with Crippen LogP contribution in [0.25, 0.3) is 27.0 Å². The van der Waals surface area contributed by atoms with Crippen molar-refractivity contribution in [1.82, 2.24) is 29.7 Å². The molecule has 0 spiro atoms. The van der Waals surface area contributed by atoms with E-state index in [9.17, 15) is 14.0 Å². The minimum atomic E-state index is -0.513. The number of nitrogens with zero attached hydrogens (tertiary/aromatic N) is 7. The van der Waals surface area contributed by atoms with Gasteiger partial charge in [0.1, 0.15) is 5.82 Å². The molecule has 1 N–H and O–H groups in total. The number of carbonyl (C=O) groups is 2. The standard InChI is InChI=1S/C34H37FN8O3/c1-5-25-21-41(34(45)43-15-11-22-18-23(35)19-28(36-3)31(22)43)16-17-42(25)29-10-9-27(26-8-7-13-37-33(26)46-6-2)39-30(29)32(44)38-24-12-14-40(4)20-24/h7-11,13,15,18-19,24-25H,5-6,12,14,16-17,20-21H2,1-2,4H3,(H,38,44)/t24-,25-/m1/s1. The molecule has 2 atom stereocenters. The summed E-state index contributed by atoms with van der Waals surface area (Å²) in [5.41, 5.74) is 2.79. The molecule has 2 saturated heterocycles. The predicted octanol–water partition coefficient (Wildman–Crippen LogP) is 5.19. The second kappa shape index (κ2) is 13.1. The first-order valence-corrected chi connectivity index (χ1v) is 15.6. The molecule has 2 aliphatic heterocycles. The molecule has 2 amide bonds. The van der Waals surface area contributed by atoms with E-state index in [4.69, 9.17) is 16.3 Å². The summed E-state index contributed by atoms with van der Waals surface area (Å²) in [5.74, 6) is -0.306. The van der Waals surface area contributed by atoms with E-state index in [0.717, 1.165) is 25.6 Å². The van der Waals surface area contributed by atoms with Gasteiger partial charge in [0.15, 0.2) is 5.69 Å². The molecule has 46 heavy (non-hydrogen) atoms. The van der Waals surface area contributed by atoms with Crippen molar-refractivity contribution in [3.8, 4) is 17.1 Å². The number of likely N-dealkylation sites (tertiary alicyclic amines) is 1. The molecule has 0 radical (unpaired) electrons. The van der Waals surface area contributed by atoms with Gasteiger partial charge in [0.05, 0.1) is 35.6 Å². The van der Waals surface area contributed by atoms with Crippen LogP contribution in [-0.2, 0) is 0 Å². The SMILES string of the molecule is [C-]#[N+]c1cc(F)cc2ccn(C(=O)N3CCN(c4ccc(-c5cccnc5OCC)nc4C(=O)N[C@@H]4CCN(C)C4)[C@H](CC)C3)c12. The lowest BCUT2D eigenvalue weighted by molar-refractivity contribution is 0.0933. The Morgan fingerprint density at radius 1 is 1.13 bits per heavy atom. The quantitative estimate of drug-likeness (QED) is 0.283. The summed E-state index contributed by atoms with van der Waals surface area (Å²) in [5, 5.41) is 3.70. The van der Waals surface area contributed by atoms with Gasteiger partial charge in [-0.3, -0.25) is 9.36 Å². The fraction of sp³-hybridized carbons (Fsp3) is 0.382. The highest BCUT2D eigenvalue weighted by Gasteiger charge is 2.33. The Morgan fingerprint density at radius 3 is 2.72 bits per heavy atom. The lowest BCUT2D eigenvalue weighted by Gasteiger charge is -2.43. The van der Waals surface area contributed by atoms with Gasteiger partial charge in [0.25, 0.3) is 5.91 Å². The molecule has 1 aromatic carbocycles. The van der Waals surface area contributed by atoms with E-state index in [1.807, 2.05) is 38.2 Å². The molecule has 2 fully saturated rings. The van der Waals surface area contributed by atoms with Crippen molar-refractivity contribution >= 4 is 34.2 Å². The zero-order valence-corrected chi connectivity index (χ0v) is 26.2. The lowest BCUT2D eigenvalue weighted by atomic mass is 10.1. The Kier molecular flexibility index (Phi) is 8.85. The van der Waals surface area contributed by atoms with Gasteiger partial charge < -0.3 is 24.8 Å². The van der Waals surface area contributed by atoms with Crippen LogP contribution in [0.5, 0.6) is 5.88 Å². The Labute approximate surface area is 267 Å². The van der Waals surface area contributed by atoms with E-state index < -0.39 is 5.82 Å². The first-order chi connectivity index (χ1) is 22.3. The molecular weight excluding hydrogens is 587 g/mol. The van der Waals surface area contributed by atoms with Gasteiger partial charge >= 0.3 is 6.03 Å². The molecule has 0 bridgehead atoms. The number of nitrogens with one attached hydrogen (secondary N) is 1. The number of piperazine rings is 1. The Hall–Kier alpha value is -5.02. The van der Waals surface area contributed by atoms with Crippen molar-refractivity contribution in [2.24, 2.45) is 0 Å². The van der Waals surface area contributed by atoms with Crippen LogP contribution in [0.4, 0.5) is 20.6 Å². The highest BCUT2D eigenvalue weighted by molar-refractivity contribution is 6.00. The number of carbonyl (C=O) groups excluding carboxylic acids is 2. The van der Waals surface area contributed by atoms with E-state index in [-0.39, 0.29) is 29.7 Å². The normalized spacial score (nSPS) is 18.5. The number of amides is 2. The summed E-state index contributed by atoms with van der Waals surface area (Å²) >= 11 is 0. The monoisotopic (exact) mass is 624 g/mol. The third kappa shape index (κ3) is 5.98. The molecular formula is C34H37FN8O3. The van der Waals surface area contributed by atoms with E-state index in [1.165, 1.54) is 10.6 Å². The Bertz CT molecular complexity index is 1820. The maximum atomic E-state index is 14.0. The van der Waals surface area contributed by atoms with Crippen LogP contribution in [0.1, 0.15) is 37.2 Å². The largest absolute Gasteiger partial charge is 0.477 e. The molecule has 12 heteroatoms. The fourth-order valence-corrected chi connectivity index (χ4v) is 6.46. The van der Waals surface area contributed by atoms with Gasteiger partial charge in [0, 0.05) is 50.7 Å². The van der Waals surface area contributed by atoms with Crippen LogP contribution in [0.3, 0.4) is 0 Å². The smallest absolute Gasteiger partial charge is 0.327 e. The van der Waals surface area contributed by atoms with Gasteiger partial charge in [0.2, 0.25) is 11.6 Å². The van der Waals surface area contributed by atoms with Gasteiger partial charge in [-0.25, -0.2) is 24.0 Å². The van der Waals surface area contributed by atoms with E-state index in [0.29, 0.717) is 72.1 Å². The molecule has 5 heterocycles. The summed E-state index contributed by atoms with van der Waals surface area (Å²) in [4.78, 5) is 46.6. The number of benzene rings is 1. The Balaban J connectivity index is 1.31.